The summed E-state index contributed by atoms with van der Waals surface area (Å²) in [6.07, 6.45) is 3.46. The average Bonchev–Trinajstić information content (AvgIpc) is 2.77. The Labute approximate surface area is 195 Å². The maximum absolute atomic E-state index is 13.2. The largest absolute Gasteiger partial charge is 0.366 e. The number of anilines is 2. The molecule has 33 heavy (non-hydrogen) atoms. The molecule has 1 fully saturated rings. The Balaban J connectivity index is 1.70. The van der Waals surface area contributed by atoms with Gasteiger partial charge in [-0.05, 0) is 86.6 Å². The van der Waals surface area contributed by atoms with Crippen molar-refractivity contribution in [3.8, 4) is 0 Å². The molecular weight excluding hydrogens is 414 g/mol. The van der Waals surface area contributed by atoms with Gasteiger partial charge in [0.1, 0.15) is 5.57 Å². The number of rotatable bonds is 4. The van der Waals surface area contributed by atoms with E-state index in [4.69, 9.17) is 0 Å². The third-order valence-electron chi connectivity index (χ3n) is 6.74. The molecule has 2 aromatic rings. The number of aryl methyl sites for hydroxylation is 1. The fraction of sp³-hybridized carbons (Fsp3) is 0.370. The van der Waals surface area contributed by atoms with Crippen molar-refractivity contribution in [1.82, 2.24) is 5.32 Å². The first-order valence-corrected chi connectivity index (χ1v) is 11.6. The van der Waals surface area contributed by atoms with E-state index in [1.165, 1.54) is 11.3 Å². The van der Waals surface area contributed by atoms with Crippen LogP contribution >= 0.6 is 0 Å². The topological polar surface area (TPSA) is 69.7 Å². The predicted octanol–water partition coefficient (Wildman–Crippen LogP) is 5.03. The summed E-state index contributed by atoms with van der Waals surface area (Å²) in [5.74, 6) is -0.939. The molecular formula is C27H31N3O3. The molecule has 1 atom stereocenters. The van der Waals surface area contributed by atoms with Gasteiger partial charge in [-0.15, -0.1) is 0 Å². The molecule has 6 heteroatoms. The molecule has 2 aliphatic rings. The number of nitrogens with zero attached hydrogens (tertiary/aromatic N) is 2. The Kier molecular flexibility index (Phi) is 5.87. The summed E-state index contributed by atoms with van der Waals surface area (Å²) in [7, 11) is 0. The molecule has 4 rings (SSSR count). The summed E-state index contributed by atoms with van der Waals surface area (Å²) in [5.41, 5.74) is 4.72. The zero-order chi connectivity index (χ0) is 23.9. The molecule has 0 spiro atoms. The highest BCUT2D eigenvalue weighted by Gasteiger charge is 2.38. The average molecular weight is 446 g/mol. The number of nitrogens with one attached hydrogen (secondary N) is 1. The van der Waals surface area contributed by atoms with Crippen molar-refractivity contribution in [1.29, 1.82) is 0 Å². The maximum atomic E-state index is 13.2. The van der Waals surface area contributed by atoms with Gasteiger partial charge in [0.15, 0.2) is 0 Å². The van der Waals surface area contributed by atoms with Gasteiger partial charge in [-0.2, -0.15) is 0 Å². The van der Waals surface area contributed by atoms with E-state index in [1.807, 2.05) is 25.1 Å². The second kappa shape index (κ2) is 8.50. The molecule has 1 N–H and O–H groups in total. The molecule has 2 aromatic carbocycles. The van der Waals surface area contributed by atoms with Gasteiger partial charge in [0.2, 0.25) is 0 Å². The zero-order valence-electron chi connectivity index (χ0n) is 19.9. The molecule has 1 unspecified atom stereocenters. The summed E-state index contributed by atoms with van der Waals surface area (Å²) >= 11 is 0. The van der Waals surface area contributed by atoms with Crippen LogP contribution in [-0.2, 0) is 16.0 Å². The third kappa shape index (κ3) is 4.06. The number of hydrogen-bond acceptors (Lipinski definition) is 4. The number of amides is 4. The maximum Gasteiger partial charge on any atom is 0.335 e. The van der Waals surface area contributed by atoms with E-state index < -0.39 is 17.8 Å². The first-order valence-electron chi connectivity index (χ1n) is 11.6. The van der Waals surface area contributed by atoms with Crippen molar-refractivity contribution in [2.75, 3.05) is 16.3 Å². The molecule has 1 saturated heterocycles. The van der Waals surface area contributed by atoms with E-state index >= 15 is 0 Å². The van der Waals surface area contributed by atoms with Crippen LogP contribution in [0.15, 0.2) is 48.0 Å². The lowest BCUT2D eigenvalue weighted by molar-refractivity contribution is -0.122. The zero-order valence-corrected chi connectivity index (χ0v) is 19.9. The van der Waals surface area contributed by atoms with Crippen LogP contribution in [0.2, 0.25) is 0 Å². The number of carbonyl (C=O) groups is 3. The summed E-state index contributed by atoms with van der Waals surface area (Å²) < 4.78 is 0. The van der Waals surface area contributed by atoms with E-state index in [2.05, 4.69) is 50.0 Å². The highest BCUT2D eigenvalue weighted by Crippen LogP contribution is 2.43. The Morgan fingerprint density at radius 2 is 1.76 bits per heavy atom. The quantitative estimate of drug-likeness (QED) is 0.530. The van der Waals surface area contributed by atoms with Gasteiger partial charge in [0, 0.05) is 17.8 Å². The molecule has 0 aromatic heterocycles. The summed E-state index contributed by atoms with van der Waals surface area (Å²) in [4.78, 5) is 41.7. The van der Waals surface area contributed by atoms with Gasteiger partial charge >= 0.3 is 6.03 Å². The Hall–Kier alpha value is -3.41. The number of imide groups is 2. The molecule has 0 radical (unpaired) electrons. The Bertz CT molecular complexity index is 1150. The predicted molar refractivity (Wildman–Crippen MR) is 131 cm³/mol. The highest BCUT2D eigenvalue weighted by molar-refractivity contribution is 6.39. The molecule has 2 aliphatic heterocycles. The molecule has 6 nitrogen and oxygen atoms in total. The monoisotopic (exact) mass is 445 g/mol. The van der Waals surface area contributed by atoms with Crippen molar-refractivity contribution in [3.63, 3.8) is 0 Å². The van der Waals surface area contributed by atoms with Crippen LogP contribution in [0.5, 0.6) is 0 Å². The summed E-state index contributed by atoms with van der Waals surface area (Å²) in [6.45, 7) is 11.8. The van der Waals surface area contributed by atoms with Gasteiger partial charge in [-0.3, -0.25) is 14.9 Å². The van der Waals surface area contributed by atoms with E-state index in [0.717, 1.165) is 35.4 Å². The van der Waals surface area contributed by atoms with Gasteiger partial charge in [0.25, 0.3) is 11.8 Å². The number of benzene rings is 2. The normalized spacial score (nSPS) is 21.3. The van der Waals surface area contributed by atoms with Crippen LogP contribution in [0, 0.1) is 0 Å². The SMILES string of the molecule is CCc1ccc(N2C(=O)NC(=O)/C(=C\c3ccc4c(c3)C(C)CC(C)(C)N4CC)C2=O)cc1. The molecule has 0 bridgehead atoms. The number of hydrogen-bond donors (Lipinski definition) is 1. The van der Waals surface area contributed by atoms with Crippen molar-refractivity contribution < 1.29 is 14.4 Å². The summed E-state index contributed by atoms with van der Waals surface area (Å²) in [5, 5.41) is 2.31. The number of barbiturate groups is 1. The highest BCUT2D eigenvalue weighted by atomic mass is 16.2. The minimum Gasteiger partial charge on any atom is -0.366 e. The van der Waals surface area contributed by atoms with Gasteiger partial charge < -0.3 is 4.90 Å². The lowest BCUT2D eigenvalue weighted by Crippen LogP contribution is -2.54. The fourth-order valence-corrected chi connectivity index (χ4v) is 5.14. The number of carbonyl (C=O) groups excluding carboxylic acids is 3. The van der Waals surface area contributed by atoms with Crippen LogP contribution in [0.25, 0.3) is 6.08 Å². The van der Waals surface area contributed by atoms with Crippen molar-refractivity contribution in [3.05, 3.63) is 64.7 Å². The van der Waals surface area contributed by atoms with E-state index in [-0.39, 0.29) is 11.1 Å². The molecule has 2 heterocycles. The lowest BCUT2D eigenvalue weighted by atomic mass is 9.79. The Morgan fingerprint density at radius 1 is 1.06 bits per heavy atom. The minimum atomic E-state index is -0.730. The number of urea groups is 1. The van der Waals surface area contributed by atoms with Crippen molar-refractivity contribution in [2.45, 2.75) is 58.9 Å². The summed E-state index contributed by atoms with van der Waals surface area (Å²) in [6, 6.07) is 12.5. The number of fused-ring (bicyclic) bond motifs is 1. The third-order valence-corrected chi connectivity index (χ3v) is 6.74. The first kappa shape index (κ1) is 22.8. The molecule has 0 aliphatic carbocycles. The van der Waals surface area contributed by atoms with Crippen LogP contribution in [-0.4, -0.2) is 29.9 Å². The second-order valence-electron chi connectivity index (χ2n) is 9.46. The second-order valence-corrected chi connectivity index (χ2v) is 9.46. The smallest absolute Gasteiger partial charge is 0.335 e. The lowest BCUT2D eigenvalue weighted by Gasteiger charge is -2.47. The van der Waals surface area contributed by atoms with Crippen molar-refractivity contribution >= 4 is 35.3 Å². The fourth-order valence-electron chi connectivity index (χ4n) is 5.14. The molecule has 0 saturated carbocycles. The van der Waals surface area contributed by atoms with Crippen LogP contribution in [0.4, 0.5) is 16.2 Å². The molecule has 172 valence electrons. The van der Waals surface area contributed by atoms with E-state index in [0.29, 0.717) is 11.6 Å². The van der Waals surface area contributed by atoms with Crippen molar-refractivity contribution in [2.24, 2.45) is 0 Å². The standard InChI is InChI=1S/C27H31N3O3/c1-6-18-8-11-20(12-9-18)30-25(32)22(24(31)28-26(30)33)15-19-10-13-23-21(14-19)17(3)16-27(4,5)29(23)7-2/h8-15,17H,6-7,16H2,1-5H3,(H,28,31,33)/b22-15+. The molecule has 4 amide bonds. The van der Waals surface area contributed by atoms with Crippen LogP contribution in [0.3, 0.4) is 0 Å². The van der Waals surface area contributed by atoms with Crippen LogP contribution in [0.1, 0.15) is 63.6 Å². The van der Waals surface area contributed by atoms with Gasteiger partial charge in [-0.25, -0.2) is 9.69 Å². The first-order chi connectivity index (χ1) is 15.7. The Morgan fingerprint density at radius 3 is 2.39 bits per heavy atom. The van der Waals surface area contributed by atoms with E-state index in [1.54, 1.807) is 18.2 Å². The van der Waals surface area contributed by atoms with E-state index in [9.17, 15) is 14.4 Å². The minimum absolute atomic E-state index is 0.0507. The van der Waals surface area contributed by atoms with Gasteiger partial charge in [0.05, 0.1) is 5.69 Å². The van der Waals surface area contributed by atoms with Crippen LogP contribution < -0.4 is 15.1 Å². The van der Waals surface area contributed by atoms with Gasteiger partial charge in [-0.1, -0.05) is 32.0 Å².